The van der Waals surface area contributed by atoms with Crippen molar-refractivity contribution in [1.82, 2.24) is 15.1 Å². The van der Waals surface area contributed by atoms with Gasteiger partial charge < -0.3 is 9.32 Å². The molecule has 20 heavy (non-hydrogen) atoms. The Kier molecular flexibility index (Phi) is 5.19. The third kappa shape index (κ3) is 3.40. The standard InChI is InChI=1S/C13H17N3O2S2/c1-4-16(5-2)12(17)9(3)20-13-15-14-11(18-13)10-7-6-8-19-10/h6-9H,4-5H2,1-3H3. The van der Waals surface area contributed by atoms with E-state index < -0.39 is 0 Å². The molecule has 0 fully saturated rings. The topological polar surface area (TPSA) is 59.2 Å². The van der Waals surface area contributed by atoms with Gasteiger partial charge in [-0.3, -0.25) is 4.79 Å². The van der Waals surface area contributed by atoms with E-state index in [0.29, 0.717) is 24.2 Å². The van der Waals surface area contributed by atoms with Crippen LogP contribution in [0.5, 0.6) is 0 Å². The van der Waals surface area contributed by atoms with Gasteiger partial charge in [-0.25, -0.2) is 0 Å². The van der Waals surface area contributed by atoms with Crippen molar-refractivity contribution in [2.24, 2.45) is 0 Å². The summed E-state index contributed by atoms with van der Waals surface area (Å²) in [6.07, 6.45) is 0. The molecule has 5 nitrogen and oxygen atoms in total. The minimum atomic E-state index is -0.230. The molecule has 2 aromatic rings. The minimum absolute atomic E-state index is 0.0934. The number of thiophene rings is 1. The third-order valence-electron chi connectivity index (χ3n) is 2.84. The molecule has 2 rings (SSSR count). The quantitative estimate of drug-likeness (QED) is 0.767. The zero-order chi connectivity index (χ0) is 14.5. The van der Waals surface area contributed by atoms with Crippen LogP contribution in [0.2, 0.25) is 0 Å². The maximum Gasteiger partial charge on any atom is 0.277 e. The maximum absolute atomic E-state index is 12.2. The summed E-state index contributed by atoms with van der Waals surface area (Å²) in [4.78, 5) is 14.9. The van der Waals surface area contributed by atoms with E-state index in [1.165, 1.54) is 11.8 Å². The number of carbonyl (C=O) groups excluding carboxylic acids is 1. The number of hydrogen-bond acceptors (Lipinski definition) is 6. The number of aromatic nitrogens is 2. The van der Waals surface area contributed by atoms with Gasteiger partial charge in [0.15, 0.2) is 0 Å². The Balaban J connectivity index is 2.01. The first-order valence-corrected chi connectivity index (χ1v) is 8.24. The van der Waals surface area contributed by atoms with E-state index in [9.17, 15) is 4.79 Å². The summed E-state index contributed by atoms with van der Waals surface area (Å²) in [6, 6.07) is 3.86. The predicted molar refractivity (Wildman–Crippen MR) is 80.9 cm³/mol. The normalized spacial score (nSPS) is 12.3. The van der Waals surface area contributed by atoms with E-state index in [0.717, 1.165) is 4.88 Å². The zero-order valence-corrected chi connectivity index (χ0v) is 13.3. The van der Waals surface area contributed by atoms with E-state index >= 15 is 0 Å². The predicted octanol–water partition coefficient (Wildman–Crippen LogP) is 3.15. The molecule has 1 unspecified atom stereocenters. The molecule has 0 aliphatic heterocycles. The number of nitrogens with zero attached hydrogens (tertiary/aromatic N) is 3. The van der Waals surface area contributed by atoms with Gasteiger partial charge in [0, 0.05) is 13.1 Å². The number of amides is 1. The van der Waals surface area contributed by atoms with E-state index in [1.807, 2.05) is 38.3 Å². The fourth-order valence-corrected chi connectivity index (χ4v) is 3.16. The Labute approximate surface area is 126 Å². The third-order valence-corrected chi connectivity index (χ3v) is 4.62. The first kappa shape index (κ1) is 15.1. The summed E-state index contributed by atoms with van der Waals surface area (Å²) in [6.45, 7) is 7.23. The molecule has 0 saturated heterocycles. The lowest BCUT2D eigenvalue weighted by Gasteiger charge is -2.21. The number of thioether (sulfide) groups is 1. The van der Waals surface area contributed by atoms with Gasteiger partial charge in [0.25, 0.3) is 11.1 Å². The van der Waals surface area contributed by atoms with Gasteiger partial charge in [-0.05, 0) is 32.2 Å². The van der Waals surface area contributed by atoms with Crippen LogP contribution in [-0.4, -0.2) is 39.3 Å². The molecule has 0 radical (unpaired) electrons. The molecule has 0 aliphatic carbocycles. The highest BCUT2D eigenvalue weighted by Crippen LogP contribution is 2.28. The smallest absolute Gasteiger partial charge is 0.277 e. The maximum atomic E-state index is 12.2. The van der Waals surface area contributed by atoms with Gasteiger partial charge in [0.05, 0.1) is 10.1 Å². The van der Waals surface area contributed by atoms with Crippen molar-refractivity contribution in [2.75, 3.05) is 13.1 Å². The van der Waals surface area contributed by atoms with Crippen molar-refractivity contribution in [3.63, 3.8) is 0 Å². The van der Waals surface area contributed by atoms with Gasteiger partial charge in [0.1, 0.15) is 0 Å². The van der Waals surface area contributed by atoms with Crippen molar-refractivity contribution < 1.29 is 9.21 Å². The molecule has 1 amide bonds. The van der Waals surface area contributed by atoms with Gasteiger partial charge in [0.2, 0.25) is 5.91 Å². The van der Waals surface area contributed by atoms with Gasteiger partial charge in [-0.15, -0.1) is 21.5 Å². The molecule has 0 aromatic carbocycles. The van der Waals surface area contributed by atoms with Gasteiger partial charge >= 0.3 is 0 Å². The lowest BCUT2D eigenvalue weighted by atomic mass is 10.4. The van der Waals surface area contributed by atoms with Crippen LogP contribution < -0.4 is 0 Å². The molecular formula is C13H17N3O2S2. The number of hydrogen-bond donors (Lipinski definition) is 0. The summed E-state index contributed by atoms with van der Waals surface area (Å²) in [7, 11) is 0. The Hall–Kier alpha value is -1.34. The number of rotatable bonds is 6. The first-order valence-electron chi connectivity index (χ1n) is 6.48. The zero-order valence-electron chi connectivity index (χ0n) is 11.7. The van der Waals surface area contributed by atoms with Crippen LogP contribution in [0.15, 0.2) is 27.2 Å². The molecule has 2 aromatic heterocycles. The van der Waals surface area contributed by atoms with E-state index in [1.54, 1.807) is 16.2 Å². The molecule has 0 aliphatic rings. The molecule has 0 spiro atoms. The molecule has 1 atom stereocenters. The summed E-state index contributed by atoms with van der Waals surface area (Å²) in [5.41, 5.74) is 0. The largest absolute Gasteiger partial charge is 0.410 e. The summed E-state index contributed by atoms with van der Waals surface area (Å²) < 4.78 is 5.58. The van der Waals surface area contributed by atoms with Crippen LogP contribution in [0.1, 0.15) is 20.8 Å². The van der Waals surface area contributed by atoms with Crippen LogP contribution >= 0.6 is 23.1 Å². The molecular weight excluding hydrogens is 294 g/mol. The van der Waals surface area contributed by atoms with Crippen molar-refractivity contribution >= 4 is 29.0 Å². The van der Waals surface area contributed by atoms with Crippen molar-refractivity contribution in [2.45, 2.75) is 31.2 Å². The Morgan fingerprint density at radius 3 is 2.80 bits per heavy atom. The second-order valence-corrected chi connectivity index (χ2v) is 6.36. The van der Waals surface area contributed by atoms with Crippen LogP contribution in [0, 0.1) is 0 Å². The lowest BCUT2D eigenvalue weighted by molar-refractivity contribution is -0.129. The molecule has 0 bridgehead atoms. The van der Waals surface area contributed by atoms with Crippen LogP contribution in [0.25, 0.3) is 10.8 Å². The van der Waals surface area contributed by atoms with Crippen molar-refractivity contribution in [3.05, 3.63) is 17.5 Å². The number of carbonyl (C=O) groups is 1. The Morgan fingerprint density at radius 1 is 1.45 bits per heavy atom. The second-order valence-electron chi connectivity index (χ2n) is 4.12. The SMILES string of the molecule is CCN(CC)C(=O)C(C)Sc1nnc(-c2cccs2)o1. The average molecular weight is 311 g/mol. The Morgan fingerprint density at radius 2 is 2.20 bits per heavy atom. The highest BCUT2D eigenvalue weighted by molar-refractivity contribution is 8.00. The van der Waals surface area contributed by atoms with Crippen molar-refractivity contribution in [3.8, 4) is 10.8 Å². The molecule has 0 N–H and O–H groups in total. The summed E-state index contributed by atoms with van der Waals surface area (Å²) in [5, 5.41) is 10.2. The monoisotopic (exact) mass is 311 g/mol. The highest BCUT2D eigenvalue weighted by Gasteiger charge is 2.22. The van der Waals surface area contributed by atoms with Crippen LogP contribution in [0.4, 0.5) is 0 Å². The van der Waals surface area contributed by atoms with E-state index in [2.05, 4.69) is 10.2 Å². The van der Waals surface area contributed by atoms with Crippen molar-refractivity contribution in [1.29, 1.82) is 0 Å². The minimum Gasteiger partial charge on any atom is -0.410 e. The fraction of sp³-hybridized carbons (Fsp3) is 0.462. The van der Waals surface area contributed by atoms with Gasteiger partial charge in [-0.2, -0.15) is 0 Å². The van der Waals surface area contributed by atoms with E-state index in [-0.39, 0.29) is 11.2 Å². The van der Waals surface area contributed by atoms with Crippen LogP contribution in [-0.2, 0) is 4.79 Å². The van der Waals surface area contributed by atoms with Gasteiger partial charge in [-0.1, -0.05) is 17.8 Å². The van der Waals surface area contributed by atoms with E-state index in [4.69, 9.17) is 4.42 Å². The molecule has 0 saturated carbocycles. The van der Waals surface area contributed by atoms with Crippen LogP contribution in [0.3, 0.4) is 0 Å². The fourth-order valence-electron chi connectivity index (χ4n) is 1.75. The summed E-state index contributed by atoms with van der Waals surface area (Å²) >= 11 is 2.85. The second kappa shape index (κ2) is 6.90. The molecule has 2 heterocycles. The summed E-state index contributed by atoms with van der Waals surface area (Å²) in [5.74, 6) is 0.598. The average Bonchev–Trinajstić information content (AvgIpc) is 3.10. The lowest BCUT2D eigenvalue weighted by Crippen LogP contribution is -2.36. The first-order chi connectivity index (χ1) is 9.65. The molecule has 7 heteroatoms. The Bertz CT molecular complexity index is 550. The molecule has 108 valence electrons. The highest BCUT2D eigenvalue weighted by atomic mass is 32.2.